The summed E-state index contributed by atoms with van der Waals surface area (Å²) in [6, 6.07) is 10.6. The molecule has 0 amide bonds. The molecule has 0 spiro atoms. The number of hydrogen-bond acceptors (Lipinski definition) is 1. The highest BCUT2D eigenvalue weighted by Gasteiger charge is 2.31. The summed E-state index contributed by atoms with van der Waals surface area (Å²) in [6.07, 6.45) is 8.46. The lowest BCUT2D eigenvalue weighted by Crippen LogP contribution is -2.41. The Kier molecular flexibility index (Phi) is 5.73. The number of nitrogens with one attached hydrogen (secondary N) is 1. The Morgan fingerprint density at radius 1 is 1.18 bits per heavy atom. The van der Waals surface area contributed by atoms with Crippen molar-refractivity contribution in [3.8, 4) is 0 Å². The van der Waals surface area contributed by atoms with E-state index in [9.17, 15) is 0 Å². The SMILES string of the molecule is C=CCC1(NCc2ccccc2)CCCC1.Cl. The zero-order valence-corrected chi connectivity index (χ0v) is 11.1. The first-order valence-electron chi connectivity index (χ1n) is 6.24. The maximum Gasteiger partial charge on any atom is 0.0219 e. The fourth-order valence-electron chi connectivity index (χ4n) is 2.67. The summed E-state index contributed by atoms with van der Waals surface area (Å²) in [5.41, 5.74) is 1.70. The maximum atomic E-state index is 3.88. The van der Waals surface area contributed by atoms with E-state index in [1.54, 1.807) is 0 Å². The van der Waals surface area contributed by atoms with Crippen molar-refractivity contribution >= 4 is 12.4 Å². The molecule has 1 N–H and O–H groups in total. The molecule has 94 valence electrons. The average molecular weight is 252 g/mol. The minimum absolute atomic E-state index is 0. The molecule has 0 bridgehead atoms. The van der Waals surface area contributed by atoms with Gasteiger partial charge in [0.15, 0.2) is 0 Å². The Hall–Kier alpha value is -0.790. The number of halogens is 1. The molecule has 2 heteroatoms. The van der Waals surface area contributed by atoms with E-state index in [2.05, 4.69) is 48.3 Å². The standard InChI is InChI=1S/C15H21N.ClH/c1-2-10-15(11-6-7-12-15)16-13-14-8-4-3-5-9-14;/h2-5,8-9,16H,1,6-7,10-13H2;1H. The molecule has 0 aromatic heterocycles. The molecule has 1 aromatic rings. The van der Waals surface area contributed by atoms with Gasteiger partial charge in [-0.05, 0) is 24.8 Å². The normalized spacial score (nSPS) is 17.4. The van der Waals surface area contributed by atoms with Gasteiger partial charge in [-0.15, -0.1) is 19.0 Å². The van der Waals surface area contributed by atoms with Crippen molar-refractivity contribution in [3.63, 3.8) is 0 Å². The first-order chi connectivity index (χ1) is 7.85. The van der Waals surface area contributed by atoms with Crippen LogP contribution in [0, 0.1) is 0 Å². The number of rotatable bonds is 5. The first-order valence-corrected chi connectivity index (χ1v) is 6.24. The van der Waals surface area contributed by atoms with Crippen LogP contribution in [0.3, 0.4) is 0 Å². The summed E-state index contributed by atoms with van der Waals surface area (Å²) >= 11 is 0. The number of benzene rings is 1. The van der Waals surface area contributed by atoms with Crippen LogP contribution in [0.1, 0.15) is 37.7 Å². The van der Waals surface area contributed by atoms with E-state index in [-0.39, 0.29) is 12.4 Å². The van der Waals surface area contributed by atoms with Gasteiger partial charge in [-0.25, -0.2) is 0 Å². The third kappa shape index (κ3) is 3.86. The van der Waals surface area contributed by atoms with E-state index in [1.165, 1.54) is 31.2 Å². The zero-order chi connectivity index (χ0) is 11.3. The predicted molar refractivity (Wildman–Crippen MR) is 76.5 cm³/mol. The fourth-order valence-corrected chi connectivity index (χ4v) is 2.67. The van der Waals surface area contributed by atoms with Crippen LogP contribution in [-0.2, 0) is 6.54 Å². The van der Waals surface area contributed by atoms with Crippen molar-refractivity contribution in [2.75, 3.05) is 0 Å². The summed E-state index contributed by atoms with van der Waals surface area (Å²) in [6.45, 7) is 4.87. The van der Waals surface area contributed by atoms with Crippen molar-refractivity contribution < 1.29 is 0 Å². The van der Waals surface area contributed by atoms with Gasteiger partial charge in [0.05, 0.1) is 0 Å². The van der Waals surface area contributed by atoms with E-state index in [1.807, 2.05) is 0 Å². The van der Waals surface area contributed by atoms with Crippen LogP contribution in [0.4, 0.5) is 0 Å². The second kappa shape index (κ2) is 6.83. The molecular weight excluding hydrogens is 230 g/mol. The average Bonchev–Trinajstić information content (AvgIpc) is 2.78. The van der Waals surface area contributed by atoms with Crippen LogP contribution in [0.15, 0.2) is 43.0 Å². The van der Waals surface area contributed by atoms with Crippen LogP contribution < -0.4 is 5.32 Å². The molecule has 1 aromatic carbocycles. The van der Waals surface area contributed by atoms with E-state index < -0.39 is 0 Å². The van der Waals surface area contributed by atoms with Gasteiger partial charge in [-0.3, -0.25) is 0 Å². The van der Waals surface area contributed by atoms with Crippen LogP contribution in [0.2, 0.25) is 0 Å². The molecule has 1 aliphatic carbocycles. The van der Waals surface area contributed by atoms with Gasteiger partial charge in [-0.1, -0.05) is 49.2 Å². The second-order valence-corrected chi connectivity index (χ2v) is 4.82. The van der Waals surface area contributed by atoms with Gasteiger partial charge in [0, 0.05) is 12.1 Å². The van der Waals surface area contributed by atoms with Gasteiger partial charge >= 0.3 is 0 Å². The summed E-state index contributed by atoms with van der Waals surface area (Å²) in [7, 11) is 0. The molecule has 1 aliphatic rings. The largest absolute Gasteiger partial charge is 0.307 e. The highest BCUT2D eigenvalue weighted by molar-refractivity contribution is 5.85. The molecule has 17 heavy (non-hydrogen) atoms. The molecule has 0 unspecified atom stereocenters. The van der Waals surface area contributed by atoms with E-state index in [0.29, 0.717) is 5.54 Å². The molecular formula is C15H22ClN. The van der Waals surface area contributed by atoms with Crippen LogP contribution in [0.25, 0.3) is 0 Å². The summed E-state index contributed by atoms with van der Waals surface area (Å²) < 4.78 is 0. The lowest BCUT2D eigenvalue weighted by molar-refractivity contribution is 0.332. The minimum Gasteiger partial charge on any atom is -0.307 e. The first kappa shape index (κ1) is 14.3. The quantitative estimate of drug-likeness (QED) is 0.778. The predicted octanol–water partition coefficient (Wildman–Crippen LogP) is 4.09. The Bertz CT molecular complexity index is 328. The number of hydrogen-bond donors (Lipinski definition) is 1. The lowest BCUT2D eigenvalue weighted by atomic mass is 9.93. The monoisotopic (exact) mass is 251 g/mol. The zero-order valence-electron chi connectivity index (χ0n) is 10.3. The van der Waals surface area contributed by atoms with E-state index in [0.717, 1.165) is 13.0 Å². The minimum atomic E-state index is 0. The third-order valence-electron chi connectivity index (χ3n) is 3.61. The van der Waals surface area contributed by atoms with Crippen molar-refractivity contribution in [2.24, 2.45) is 0 Å². The molecule has 1 saturated carbocycles. The summed E-state index contributed by atoms with van der Waals surface area (Å²) in [5, 5.41) is 3.74. The van der Waals surface area contributed by atoms with Crippen molar-refractivity contribution in [1.29, 1.82) is 0 Å². The van der Waals surface area contributed by atoms with E-state index >= 15 is 0 Å². The fraction of sp³-hybridized carbons (Fsp3) is 0.467. The van der Waals surface area contributed by atoms with Crippen molar-refractivity contribution in [3.05, 3.63) is 48.6 Å². The smallest absolute Gasteiger partial charge is 0.0219 e. The Morgan fingerprint density at radius 3 is 2.41 bits per heavy atom. The second-order valence-electron chi connectivity index (χ2n) is 4.82. The molecule has 1 nitrogen and oxygen atoms in total. The van der Waals surface area contributed by atoms with Crippen molar-refractivity contribution in [2.45, 2.75) is 44.2 Å². The molecule has 1 fully saturated rings. The summed E-state index contributed by atoms with van der Waals surface area (Å²) in [4.78, 5) is 0. The highest BCUT2D eigenvalue weighted by atomic mass is 35.5. The van der Waals surface area contributed by atoms with Crippen LogP contribution in [-0.4, -0.2) is 5.54 Å². The van der Waals surface area contributed by atoms with Crippen LogP contribution in [0.5, 0.6) is 0 Å². The Balaban J connectivity index is 0.00000144. The topological polar surface area (TPSA) is 12.0 Å². The Morgan fingerprint density at radius 2 is 1.82 bits per heavy atom. The van der Waals surface area contributed by atoms with Crippen molar-refractivity contribution in [1.82, 2.24) is 5.32 Å². The summed E-state index contributed by atoms with van der Waals surface area (Å²) in [5.74, 6) is 0. The van der Waals surface area contributed by atoms with Crippen LogP contribution >= 0.6 is 12.4 Å². The van der Waals surface area contributed by atoms with Gasteiger partial charge < -0.3 is 5.32 Å². The third-order valence-corrected chi connectivity index (χ3v) is 3.61. The van der Waals surface area contributed by atoms with Gasteiger partial charge in [0.1, 0.15) is 0 Å². The molecule has 0 radical (unpaired) electrons. The highest BCUT2D eigenvalue weighted by Crippen LogP contribution is 2.33. The Labute approximate surface area is 111 Å². The maximum absolute atomic E-state index is 3.88. The molecule has 0 saturated heterocycles. The van der Waals surface area contributed by atoms with Gasteiger partial charge in [0.25, 0.3) is 0 Å². The van der Waals surface area contributed by atoms with Gasteiger partial charge in [-0.2, -0.15) is 0 Å². The van der Waals surface area contributed by atoms with Gasteiger partial charge in [0.2, 0.25) is 0 Å². The molecule has 0 atom stereocenters. The lowest BCUT2D eigenvalue weighted by Gasteiger charge is -2.29. The van der Waals surface area contributed by atoms with E-state index in [4.69, 9.17) is 0 Å². The molecule has 2 rings (SSSR count). The molecule has 0 heterocycles. The molecule has 0 aliphatic heterocycles.